The number of fused-ring (bicyclic) bond motifs is 2. The van der Waals surface area contributed by atoms with E-state index >= 15 is 0 Å². The Hall–Kier alpha value is -4.84. The summed E-state index contributed by atoms with van der Waals surface area (Å²) in [7, 11) is 0. The number of carbonyl (C=O) groups excluding carboxylic acids is 1. The van der Waals surface area contributed by atoms with Crippen molar-refractivity contribution in [2.24, 2.45) is 0 Å². The van der Waals surface area contributed by atoms with Crippen molar-refractivity contribution in [3.05, 3.63) is 143 Å². The standard InChI is InChI=1S/C19H19NO2.C19H17NO2.Ni/c2*1-12-7-8-17(13(2)9-12)20-19(22)16-10-14-5-3-4-6-15(14)11-18(16)21;/h3-11,19-22H,1-2H3;3-11,21H,1-2H3,(H,20,22);/q;;+2. The van der Waals surface area contributed by atoms with Gasteiger partial charge in [-0.25, -0.2) is 0 Å². The van der Waals surface area contributed by atoms with E-state index < -0.39 is 6.23 Å². The van der Waals surface area contributed by atoms with Crippen molar-refractivity contribution in [1.82, 2.24) is 0 Å². The number of phenols is 2. The summed E-state index contributed by atoms with van der Waals surface area (Å²) in [4.78, 5) is 12.4. The predicted molar refractivity (Wildman–Crippen MR) is 180 cm³/mol. The Balaban J connectivity index is 0.000000200. The first-order valence-corrected chi connectivity index (χ1v) is 14.4. The molecular weight excluding hydrogens is 607 g/mol. The number of aliphatic hydroxyl groups excluding tert-OH is 1. The Morgan fingerprint density at radius 2 is 1.07 bits per heavy atom. The second kappa shape index (κ2) is 14.3. The Kier molecular flexibility index (Phi) is 10.5. The summed E-state index contributed by atoms with van der Waals surface area (Å²) in [5.41, 5.74) is 6.72. The van der Waals surface area contributed by atoms with Crippen molar-refractivity contribution in [1.29, 1.82) is 0 Å². The van der Waals surface area contributed by atoms with E-state index in [1.165, 1.54) is 5.56 Å². The van der Waals surface area contributed by atoms with Gasteiger partial charge in [0.2, 0.25) is 0 Å². The summed E-state index contributed by atoms with van der Waals surface area (Å²) in [5.74, 6) is -0.236. The average molecular weight is 643 g/mol. The molecule has 0 saturated carbocycles. The van der Waals surface area contributed by atoms with Gasteiger partial charge in [0.15, 0.2) is 6.23 Å². The van der Waals surface area contributed by atoms with Crippen LogP contribution >= 0.6 is 0 Å². The van der Waals surface area contributed by atoms with E-state index in [4.69, 9.17) is 0 Å². The number of aromatic hydroxyl groups is 2. The quantitative estimate of drug-likeness (QED) is 0.0956. The molecule has 5 N–H and O–H groups in total. The maximum atomic E-state index is 12.4. The molecule has 0 spiro atoms. The Bertz CT molecular complexity index is 1990. The second-order valence-electron chi connectivity index (χ2n) is 11.1. The predicted octanol–water partition coefficient (Wildman–Crippen LogP) is 8.68. The van der Waals surface area contributed by atoms with Gasteiger partial charge in [0.1, 0.15) is 11.5 Å². The monoisotopic (exact) mass is 642 g/mol. The number of nitrogens with one attached hydrogen (secondary N) is 2. The van der Waals surface area contributed by atoms with Crippen molar-refractivity contribution in [2.45, 2.75) is 33.9 Å². The molecule has 1 unspecified atom stereocenters. The molecule has 0 aliphatic carbocycles. The first-order valence-electron chi connectivity index (χ1n) is 14.4. The molecule has 6 rings (SSSR count). The number of aliphatic hydroxyl groups is 1. The summed E-state index contributed by atoms with van der Waals surface area (Å²) < 4.78 is 0. The van der Waals surface area contributed by atoms with Crippen LogP contribution in [0.15, 0.2) is 109 Å². The van der Waals surface area contributed by atoms with Crippen LogP contribution < -0.4 is 10.6 Å². The summed E-state index contributed by atoms with van der Waals surface area (Å²) in [6.45, 7) is 7.97. The molecule has 6 nitrogen and oxygen atoms in total. The molecule has 0 bridgehead atoms. The molecular formula is C38H36N2NiO4+2. The first-order chi connectivity index (χ1) is 21.1. The number of carbonyl (C=O) groups is 1. The van der Waals surface area contributed by atoms with E-state index in [0.29, 0.717) is 5.56 Å². The van der Waals surface area contributed by atoms with Crippen LogP contribution in [0.1, 0.15) is 44.4 Å². The number of hydrogen-bond donors (Lipinski definition) is 5. The van der Waals surface area contributed by atoms with Gasteiger partial charge in [-0.2, -0.15) is 0 Å². The minimum Gasteiger partial charge on any atom is -0.507 e. The molecule has 6 aromatic carbocycles. The largest absolute Gasteiger partial charge is 2.00 e. The molecule has 230 valence electrons. The third-order valence-corrected chi connectivity index (χ3v) is 7.60. The van der Waals surface area contributed by atoms with Gasteiger partial charge in [0.05, 0.1) is 5.56 Å². The summed E-state index contributed by atoms with van der Waals surface area (Å²) in [6, 6.07) is 34.0. The van der Waals surface area contributed by atoms with Crippen LogP contribution in [0.25, 0.3) is 21.5 Å². The fraction of sp³-hybridized carbons (Fsp3) is 0.132. The SMILES string of the molecule is Cc1ccc(NC(=O)c2cc3ccccc3cc2O)c(C)c1.Cc1ccc(NC(O)c2cc3ccccc3cc2O)c(C)c1.[Ni+2]. The molecule has 1 amide bonds. The van der Waals surface area contributed by atoms with Gasteiger partial charge < -0.3 is 26.0 Å². The molecule has 0 aliphatic heterocycles. The molecule has 0 aromatic heterocycles. The molecule has 0 heterocycles. The number of rotatable bonds is 5. The molecule has 0 saturated heterocycles. The third kappa shape index (κ3) is 7.82. The smallest absolute Gasteiger partial charge is 0.507 e. The summed E-state index contributed by atoms with van der Waals surface area (Å²) in [5, 5.41) is 40.4. The van der Waals surface area contributed by atoms with Gasteiger partial charge in [-0.1, -0.05) is 83.9 Å². The van der Waals surface area contributed by atoms with Crippen molar-refractivity contribution in [2.75, 3.05) is 10.6 Å². The zero-order valence-corrected chi connectivity index (χ0v) is 26.5. The second-order valence-corrected chi connectivity index (χ2v) is 11.1. The molecule has 0 fully saturated rings. The molecule has 7 heteroatoms. The average Bonchev–Trinajstić information content (AvgIpc) is 2.99. The van der Waals surface area contributed by atoms with Crippen molar-refractivity contribution < 1.29 is 36.6 Å². The van der Waals surface area contributed by atoms with E-state index in [1.807, 2.05) is 113 Å². The van der Waals surface area contributed by atoms with Crippen LogP contribution in [0.3, 0.4) is 0 Å². The normalized spacial score (nSPS) is 11.2. The molecule has 1 atom stereocenters. The van der Waals surface area contributed by atoms with Crippen LogP contribution in [0.4, 0.5) is 11.4 Å². The maximum absolute atomic E-state index is 12.4. The van der Waals surface area contributed by atoms with Crippen LogP contribution in [-0.4, -0.2) is 21.2 Å². The van der Waals surface area contributed by atoms with Crippen molar-refractivity contribution in [3.8, 4) is 11.5 Å². The van der Waals surface area contributed by atoms with E-state index in [9.17, 15) is 20.1 Å². The van der Waals surface area contributed by atoms with E-state index in [-0.39, 0.29) is 39.5 Å². The van der Waals surface area contributed by atoms with Crippen LogP contribution in [0.2, 0.25) is 0 Å². The van der Waals surface area contributed by atoms with Crippen molar-refractivity contribution >= 4 is 38.8 Å². The van der Waals surface area contributed by atoms with Gasteiger partial charge in [0, 0.05) is 16.9 Å². The van der Waals surface area contributed by atoms with E-state index in [1.54, 1.807) is 18.2 Å². The molecule has 45 heavy (non-hydrogen) atoms. The van der Waals surface area contributed by atoms with Crippen LogP contribution in [-0.2, 0) is 16.5 Å². The van der Waals surface area contributed by atoms with Gasteiger partial charge >= 0.3 is 16.5 Å². The minimum atomic E-state index is -0.967. The number of benzene rings is 6. The van der Waals surface area contributed by atoms with Crippen LogP contribution in [0.5, 0.6) is 11.5 Å². The Labute approximate surface area is 273 Å². The van der Waals surface area contributed by atoms with Crippen molar-refractivity contribution in [3.63, 3.8) is 0 Å². The van der Waals surface area contributed by atoms with Gasteiger partial charge in [-0.05, 0) is 96.8 Å². The summed E-state index contributed by atoms with van der Waals surface area (Å²) in [6.07, 6.45) is -0.967. The Morgan fingerprint density at radius 3 is 1.60 bits per heavy atom. The fourth-order valence-corrected chi connectivity index (χ4v) is 5.22. The Morgan fingerprint density at radius 1 is 0.600 bits per heavy atom. The number of aryl methyl sites for hydroxylation is 4. The number of amides is 1. The van der Waals surface area contributed by atoms with Gasteiger partial charge in [-0.15, -0.1) is 0 Å². The molecule has 0 radical (unpaired) electrons. The van der Waals surface area contributed by atoms with Gasteiger partial charge in [-0.3, -0.25) is 4.79 Å². The molecule has 0 aliphatic rings. The summed E-state index contributed by atoms with van der Waals surface area (Å²) >= 11 is 0. The number of anilines is 2. The number of hydrogen-bond acceptors (Lipinski definition) is 5. The van der Waals surface area contributed by atoms with E-state index in [2.05, 4.69) is 16.7 Å². The topological polar surface area (TPSA) is 102 Å². The van der Waals surface area contributed by atoms with Crippen LogP contribution in [0, 0.1) is 27.7 Å². The number of phenolic OH excluding ortho intramolecular Hbond substituents is 2. The first kappa shape index (κ1) is 33.1. The van der Waals surface area contributed by atoms with Gasteiger partial charge in [0.25, 0.3) is 5.91 Å². The zero-order valence-electron chi connectivity index (χ0n) is 25.5. The third-order valence-electron chi connectivity index (χ3n) is 7.60. The van der Waals surface area contributed by atoms with E-state index in [0.717, 1.165) is 49.6 Å². The fourth-order valence-electron chi connectivity index (χ4n) is 5.22. The minimum absolute atomic E-state index is 0. The maximum Gasteiger partial charge on any atom is 2.00 e. The molecule has 6 aromatic rings. The zero-order chi connectivity index (χ0) is 31.4.